The molecular weight excluding hydrogens is 227 g/mol. The molecule has 3 nitrogen and oxygen atoms in total. The summed E-state index contributed by atoms with van der Waals surface area (Å²) in [4.78, 5) is 1.53. The first-order valence-electron chi connectivity index (χ1n) is 3.30. The van der Waals surface area contributed by atoms with Gasteiger partial charge in [-0.2, -0.15) is 9.90 Å². The van der Waals surface area contributed by atoms with Gasteiger partial charge in [0, 0.05) is 32.7 Å². The van der Waals surface area contributed by atoms with Crippen LogP contribution in [-0.4, -0.2) is 15.0 Å². The van der Waals surface area contributed by atoms with E-state index in [1.165, 1.54) is 11.0 Å². The molecule has 2 aromatic rings. The minimum absolute atomic E-state index is 0. The van der Waals surface area contributed by atoms with Gasteiger partial charge in [-0.15, -0.1) is 6.20 Å². The van der Waals surface area contributed by atoms with Crippen LogP contribution < -0.4 is 0 Å². The van der Waals surface area contributed by atoms with Gasteiger partial charge in [0.2, 0.25) is 0 Å². The van der Waals surface area contributed by atoms with Gasteiger partial charge in [-0.3, -0.25) is 0 Å². The van der Waals surface area contributed by atoms with Crippen molar-refractivity contribution >= 4 is 0 Å². The normalized spacial score (nSPS) is 9.00. The van der Waals surface area contributed by atoms with Gasteiger partial charge in [-0.05, 0) is 12.1 Å². The minimum Gasteiger partial charge on any atom is -0.369 e. The Morgan fingerprint density at radius 2 is 1.92 bits per heavy atom. The van der Waals surface area contributed by atoms with Gasteiger partial charge in [-0.1, -0.05) is 18.2 Å². The average Bonchev–Trinajstić information content (AvgIpc) is 2.58. The number of hydrogen-bond donors (Lipinski definition) is 0. The molecule has 1 aromatic heterocycles. The quantitative estimate of drug-likeness (QED) is 0.689. The summed E-state index contributed by atoms with van der Waals surface area (Å²) in [6.45, 7) is 0. The van der Waals surface area contributed by atoms with E-state index in [0.717, 1.165) is 5.69 Å². The Hall–Kier alpha value is -0.536. The predicted octanol–water partition coefficient (Wildman–Crippen LogP) is 1.06. The van der Waals surface area contributed by atoms with Crippen molar-refractivity contribution < 1.29 is 32.7 Å². The molecule has 0 fully saturated rings. The zero-order chi connectivity index (χ0) is 7.52. The molecule has 1 heterocycles. The standard InChI is InChI=1S/C8H6N3.Y/c1-2-4-8(5-3-1)11-9-6-7-10-11;/h1-6H;/q-1;. The molecule has 0 N–H and O–H groups in total. The summed E-state index contributed by atoms with van der Waals surface area (Å²) in [7, 11) is 0. The third kappa shape index (κ3) is 1.99. The van der Waals surface area contributed by atoms with E-state index in [1.807, 2.05) is 30.3 Å². The zero-order valence-electron chi connectivity index (χ0n) is 6.38. The molecule has 0 unspecified atom stereocenters. The molecule has 0 aliphatic heterocycles. The molecule has 2 rings (SSSR count). The van der Waals surface area contributed by atoms with Crippen LogP contribution in [0.2, 0.25) is 0 Å². The van der Waals surface area contributed by atoms with Crippen molar-refractivity contribution in [3.8, 4) is 5.69 Å². The Balaban J connectivity index is 0.000000720. The van der Waals surface area contributed by atoms with E-state index in [4.69, 9.17) is 0 Å². The maximum Gasteiger partial charge on any atom is 0.0822 e. The summed E-state index contributed by atoms with van der Waals surface area (Å²) in [5.74, 6) is 0. The average molecular weight is 233 g/mol. The van der Waals surface area contributed by atoms with E-state index in [9.17, 15) is 0 Å². The van der Waals surface area contributed by atoms with Gasteiger partial charge in [0.05, 0.1) is 5.69 Å². The molecular formula is C8H6N3Y-. The van der Waals surface area contributed by atoms with Crippen LogP contribution in [0, 0.1) is 6.20 Å². The Morgan fingerprint density at radius 3 is 2.50 bits per heavy atom. The molecule has 0 spiro atoms. The van der Waals surface area contributed by atoms with Gasteiger partial charge in [0.1, 0.15) is 0 Å². The maximum absolute atomic E-state index is 3.94. The van der Waals surface area contributed by atoms with Crippen LogP contribution in [0.4, 0.5) is 0 Å². The first-order valence-corrected chi connectivity index (χ1v) is 3.30. The molecule has 12 heavy (non-hydrogen) atoms. The topological polar surface area (TPSA) is 30.7 Å². The summed E-state index contributed by atoms with van der Waals surface area (Å²) in [6.07, 6.45) is 4.16. The van der Waals surface area contributed by atoms with E-state index < -0.39 is 0 Å². The molecule has 1 radical (unpaired) electrons. The van der Waals surface area contributed by atoms with Gasteiger partial charge >= 0.3 is 0 Å². The molecule has 1 aromatic carbocycles. The fraction of sp³-hybridized carbons (Fsp3) is 0. The van der Waals surface area contributed by atoms with Gasteiger partial charge in [0.15, 0.2) is 0 Å². The van der Waals surface area contributed by atoms with Gasteiger partial charge in [0.25, 0.3) is 0 Å². The van der Waals surface area contributed by atoms with Crippen LogP contribution in [0.25, 0.3) is 5.69 Å². The molecule has 57 valence electrons. The minimum atomic E-state index is 0. The largest absolute Gasteiger partial charge is 0.369 e. The number of para-hydroxylation sites is 1. The fourth-order valence-corrected chi connectivity index (χ4v) is 0.873. The van der Waals surface area contributed by atoms with E-state index in [0.29, 0.717) is 0 Å². The van der Waals surface area contributed by atoms with E-state index in [1.54, 1.807) is 0 Å². The van der Waals surface area contributed by atoms with Crippen LogP contribution in [0.1, 0.15) is 0 Å². The van der Waals surface area contributed by atoms with E-state index >= 15 is 0 Å². The molecule has 0 atom stereocenters. The van der Waals surface area contributed by atoms with Gasteiger partial charge < -0.3 is 11.3 Å². The fourth-order valence-electron chi connectivity index (χ4n) is 0.873. The summed E-state index contributed by atoms with van der Waals surface area (Å²) in [5, 5.41) is 7.80. The third-order valence-corrected chi connectivity index (χ3v) is 1.36. The van der Waals surface area contributed by atoms with Crippen molar-refractivity contribution in [1.82, 2.24) is 15.0 Å². The maximum atomic E-state index is 3.94. The van der Waals surface area contributed by atoms with Crippen LogP contribution in [0.5, 0.6) is 0 Å². The summed E-state index contributed by atoms with van der Waals surface area (Å²) < 4.78 is 0. The summed E-state index contributed by atoms with van der Waals surface area (Å²) >= 11 is 0. The molecule has 0 bridgehead atoms. The third-order valence-electron chi connectivity index (χ3n) is 1.36. The predicted molar refractivity (Wildman–Crippen MR) is 40.2 cm³/mol. The van der Waals surface area contributed by atoms with Crippen molar-refractivity contribution in [2.24, 2.45) is 0 Å². The Kier molecular flexibility index (Phi) is 3.57. The number of aromatic nitrogens is 3. The van der Waals surface area contributed by atoms with Crippen LogP contribution >= 0.6 is 0 Å². The Labute approximate surface area is 95.7 Å². The number of nitrogens with zero attached hydrogens (tertiary/aromatic N) is 3. The summed E-state index contributed by atoms with van der Waals surface area (Å²) in [5.41, 5.74) is 0.953. The van der Waals surface area contributed by atoms with Crippen molar-refractivity contribution in [2.75, 3.05) is 0 Å². The van der Waals surface area contributed by atoms with Crippen molar-refractivity contribution in [3.05, 3.63) is 42.7 Å². The number of benzene rings is 1. The molecule has 0 saturated carbocycles. The smallest absolute Gasteiger partial charge is 0.0822 e. The second-order valence-electron chi connectivity index (χ2n) is 2.10. The first-order chi connectivity index (χ1) is 5.47. The van der Waals surface area contributed by atoms with Crippen LogP contribution in [0.15, 0.2) is 36.5 Å². The molecule has 0 aliphatic carbocycles. The molecule has 0 aliphatic rings. The van der Waals surface area contributed by atoms with Gasteiger partial charge in [-0.25, -0.2) is 0 Å². The summed E-state index contributed by atoms with van der Waals surface area (Å²) in [6, 6.07) is 9.72. The zero-order valence-corrected chi connectivity index (χ0v) is 9.22. The molecule has 4 heteroatoms. The van der Waals surface area contributed by atoms with Crippen molar-refractivity contribution in [2.45, 2.75) is 0 Å². The van der Waals surface area contributed by atoms with Crippen LogP contribution in [0.3, 0.4) is 0 Å². The molecule has 0 saturated heterocycles. The number of rotatable bonds is 1. The number of hydrogen-bond acceptors (Lipinski definition) is 2. The van der Waals surface area contributed by atoms with Crippen molar-refractivity contribution in [1.29, 1.82) is 0 Å². The molecule has 0 amide bonds. The van der Waals surface area contributed by atoms with Crippen LogP contribution in [-0.2, 0) is 32.7 Å². The Bertz CT molecular complexity index is 317. The second kappa shape index (κ2) is 4.48. The second-order valence-corrected chi connectivity index (χ2v) is 2.10. The monoisotopic (exact) mass is 233 g/mol. The van der Waals surface area contributed by atoms with E-state index in [2.05, 4.69) is 16.4 Å². The SMILES string of the molecule is [Y].[c-]1cnn(-c2ccccc2)n1. The van der Waals surface area contributed by atoms with Crippen molar-refractivity contribution in [3.63, 3.8) is 0 Å². The Morgan fingerprint density at radius 1 is 1.17 bits per heavy atom. The first kappa shape index (κ1) is 9.55. The van der Waals surface area contributed by atoms with E-state index in [-0.39, 0.29) is 32.7 Å².